The average molecular weight is 330 g/mol. The number of hydrogen-bond acceptors (Lipinski definition) is 3. The summed E-state index contributed by atoms with van der Waals surface area (Å²) in [5, 5.41) is 7.37. The van der Waals surface area contributed by atoms with E-state index in [0.717, 1.165) is 28.9 Å². The second-order valence-corrected chi connectivity index (χ2v) is 6.41. The van der Waals surface area contributed by atoms with Crippen molar-refractivity contribution in [3.8, 4) is 0 Å². The van der Waals surface area contributed by atoms with Gasteiger partial charge in [-0.15, -0.1) is 0 Å². The zero-order chi connectivity index (χ0) is 18.1. The Morgan fingerprint density at radius 2 is 2.12 bits per heavy atom. The maximum absolute atomic E-state index is 10.8. The van der Waals surface area contributed by atoms with E-state index in [4.69, 9.17) is 11.1 Å². The highest BCUT2D eigenvalue weighted by atomic mass is 16.1. The molecule has 1 atom stereocenters. The Bertz CT molecular complexity index is 577. The Kier molecular flexibility index (Phi) is 8.16. The molecule has 0 aromatic heterocycles. The van der Waals surface area contributed by atoms with Crippen LogP contribution in [0.3, 0.4) is 0 Å². The Balaban J connectivity index is 0.000000488. The van der Waals surface area contributed by atoms with Crippen LogP contribution in [0.15, 0.2) is 23.2 Å². The summed E-state index contributed by atoms with van der Waals surface area (Å²) in [6, 6.07) is 5.42. The van der Waals surface area contributed by atoms with E-state index in [9.17, 15) is 4.79 Å². The number of nitrogens with zero attached hydrogens (tertiary/aromatic N) is 2. The normalized spacial score (nSPS) is 15.1. The van der Waals surface area contributed by atoms with Crippen molar-refractivity contribution in [2.75, 3.05) is 14.1 Å². The Hall–Kier alpha value is -2.17. The molecular weight excluding hydrogens is 300 g/mol. The van der Waals surface area contributed by atoms with Crippen LogP contribution in [0.1, 0.15) is 55.3 Å². The first-order chi connectivity index (χ1) is 11.4. The fourth-order valence-corrected chi connectivity index (χ4v) is 2.18. The molecule has 1 aliphatic rings. The first-order valence-corrected chi connectivity index (χ1v) is 8.48. The highest BCUT2D eigenvalue weighted by Crippen LogP contribution is 2.31. The molecule has 24 heavy (non-hydrogen) atoms. The smallest absolute Gasteiger partial charge is 0.191 e. The van der Waals surface area contributed by atoms with Crippen LogP contribution in [0.4, 0.5) is 0 Å². The number of guanidine groups is 1. The minimum Gasteiger partial charge on any atom is -0.370 e. The summed E-state index contributed by atoms with van der Waals surface area (Å²) in [4.78, 5) is 16.8. The number of hydrogen-bond donors (Lipinski definition) is 2. The van der Waals surface area contributed by atoms with Crippen molar-refractivity contribution in [1.29, 1.82) is 5.41 Å². The van der Waals surface area contributed by atoms with Gasteiger partial charge in [-0.2, -0.15) is 0 Å². The van der Waals surface area contributed by atoms with Gasteiger partial charge in [-0.1, -0.05) is 38.3 Å². The van der Waals surface area contributed by atoms with Crippen LogP contribution in [0, 0.1) is 18.3 Å². The Morgan fingerprint density at radius 1 is 1.46 bits per heavy atom. The molecule has 0 aliphatic heterocycles. The molecular formula is C19H30N4O. The third-order valence-electron chi connectivity index (χ3n) is 4.18. The molecule has 1 aromatic rings. The summed E-state index contributed by atoms with van der Waals surface area (Å²) < 4.78 is 0. The molecule has 3 N–H and O–H groups in total. The molecule has 0 saturated heterocycles. The quantitative estimate of drug-likeness (QED) is 0.477. The third kappa shape index (κ3) is 6.52. The van der Waals surface area contributed by atoms with Gasteiger partial charge in [-0.05, 0) is 35.6 Å². The van der Waals surface area contributed by atoms with E-state index in [1.165, 1.54) is 25.5 Å². The van der Waals surface area contributed by atoms with Crippen LogP contribution in [-0.4, -0.2) is 37.5 Å². The lowest BCUT2D eigenvalue weighted by Crippen LogP contribution is -2.31. The lowest BCUT2D eigenvalue weighted by atomic mass is 9.99. The highest BCUT2D eigenvalue weighted by Gasteiger charge is 2.17. The number of nitrogens with two attached hydrogens (primary N) is 1. The minimum atomic E-state index is -0.306. The van der Waals surface area contributed by atoms with Gasteiger partial charge in [-0.25, -0.2) is 4.99 Å². The van der Waals surface area contributed by atoms with Gasteiger partial charge in [0.15, 0.2) is 5.96 Å². The lowest BCUT2D eigenvalue weighted by Gasteiger charge is -2.16. The van der Waals surface area contributed by atoms with Crippen molar-refractivity contribution in [2.45, 2.75) is 45.6 Å². The standard InChI is InChI=1S/C14H20N4O.C5H10/c1-10-4-5-11(8-12(10)9-15)13(6-7-19)17-14(16)18(2)3;1-2-5-3-4-5/h4-5,7-9,13,15H,6H2,1-3H3,(H2,16,17);5H,2-4H2,1H3. The molecule has 0 bridgehead atoms. The molecule has 0 spiro atoms. The van der Waals surface area contributed by atoms with Crippen molar-refractivity contribution in [3.63, 3.8) is 0 Å². The second-order valence-electron chi connectivity index (χ2n) is 6.41. The molecule has 5 nitrogen and oxygen atoms in total. The zero-order valence-corrected chi connectivity index (χ0v) is 15.2. The van der Waals surface area contributed by atoms with E-state index in [-0.39, 0.29) is 12.5 Å². The average Bonchev–Trinajstić information content (AvgIpc) is 3.39. The predicted octanol–water partition coefficient (Wildman–Crippen LogP) is 3.31. The van der Waals surface area contributed by atoms with Gasteiger partial charge in [0.1, 0.15) is 6.29 Å². The van der Waals surface area contributed by atoms with Gasteiger partial charge < -0.3 is 20.8 Å². The monoisotopic (exact) mass is 330 g/mol. The van der Waals surface area contributed by atoms with Gasteiger partial charge >= 0.3 is 0 Å². The van der Waals surface area contributed by atoms with Crippen LogP contribution in [0.2, 0.25) is 0 Å². The Morgan fingerprint density at radius 3 is 2.54 bits per heavy atom. The largest absolute Gasteiger partial charge is 0.370 e. The van der Waals surface area contributed by atoms with E-state index in [1.54, 1.807) is 19.0 Å². The SMILES string of the molecule is CCC1CC1.Cc1ccc(C(CC=O)N=C(N)N(C)C)cc1C=N. The topological polar surface area (TPSA) is 82.5 Å². The molecule has 1 aliphatic carbocycles. The van der Waals surface area contributed by atoms with Crippen LogP contribution >= 0.6 is 0 Å². The van der Waals surface area contributed by atoms with Crippen LogP contribution in [-0.2, 0) is 4.79 Å². The van der Waals surface area contributed by atoms with Gasteiger partial charge in [0.05, 0.1) is 6.04 Å². The van der Waals surface area contributed by atoms with Crippen molar-refractivity contribution in [2.24, 2.45) is 16.6 Å². The Labute approximate surface area is 145 Å². The molecule has 132 valence electrons. The lowest BCUT2D eigenvalue weighted by molar-refractivity contribution is -0.108. The summed E-state index contributed by atoms with van der Waals surface area (Å²) in [5.41, 5.74) is 8.54. The van der Waals surface area contributed by atoms with Crippen LogP contribution < -0.4 is 5.73 Å². The van der Waals surface area contributed by atoms with Gasteiger partial charge in [-0.3, -0.25) is 0 Å². The molecule has 1 fully saturated rings. The first kappa shape index (κ1) is 19.9. The fourth-order valence-electron chi connectivity index (χ4n) is 2.18. The molecule has 0 heterocycles. The molecule has 1 saturated carbocycles. The van der Waals surface area contributed by atoms with E-state index < -0.39 is 0 Å². The third-order valence-corrected chi connectivity index (χ3v) is 4.18. The number of carbonyl (C=O) groups excluding carboxylic acids is 1. The maximum Gasteiger partial charge on any atom is 0.191 e. The summed E-state index contributed by atoms with van der Waals surface area (Å²) in [5.74, 6) is 1.51. The number of benzene rings is 1. The maximum atomic E-state index is 10.8. The van der Waals surface area contributed by atoms with Crippen molar-refractivity contribution in [1.82, 2.24) is 4.90 Å². The summed E-state index contributed by atoms with van der Waals surface area (Å²) in [7, 11) is 3.60. The molecule has 2 rings (SSSR count). The van der Waals surface area contributed by atoms with Gasteiger partial charge in [0.25, 0.3) is 0 Å². The van der Waals surface area contributed by atoms with Crippen molar-refractivity contribution >= 4 is 18.5 Å². The minimum absolute atomic E-state index is 0.273. The van der Waals surface area contributed by atoms with Crippen LogP contribution in [0.25, 0.3) is 0 Å². The second kappa shape index (κ2) is 9.85. The molecule has 0 amide bonds. The number of aldehydes is 1. The van der Waals surface area contributed by atoms with Gasteiger partial charge in [0, 0.05) is 26.7 Å². The number of aryl methyl sites for hydroxylation is 1. The number of nitrogens with one attached hydrogen (secondary N) is 1. The van der Waals surface area contributed by atoms with E-state index in [0.29, 0.717) is 5.96 Å². The summed E-state index contributed by atoms with van der Waals surface area (Å²) in [6.07, 6.45) is 6.85. The van der Waals surface area contributed by atoms with E-state index in [2.05, 4.69) is 11.9 Å². The van der Waals surface area contributed by atoms with Gasteiger partial charge in [0.2, 0.25) is 0 Å². The number of rotatable bonds is 6. The zero-order valence-electron chi connectivity index (χ0n) is 15.2. The molecule has 1 aromatic carbocycles. The van der Waals surface area contributed by atoms with Crippen molar-refractivity contribution in [3.05, 3.63) is 34.9 Å². The van der Waals surface area contributed by atoms with E-state index >= 15 is 0 Å². The molecule has 1 unspecified atom stereocenters. The number of carbonyl (C=O) groups is 1. The molecule has 5 heteroatoms. The predicted molar refractivity (Wildman–Crippen MR) is 101 cm³/mol. The van der Waals surface area contributed by atoms with Crippen LogP contribution in [0.5, 0.6) is 0 Å². The van der Waals surface area contributed by atoms with E-state index in [1.807, 2.05) is 25.1 Å². The summed E-state index contributed by atoms with van der Waals surface area (Å²) >= 11 is 0. The summed E-state index contributed by atoms with van der Waals surface area (Å²) in [6.45, 7) is 4.20. The first-order valence-electron chi connectivity index (χ1n) is 8.48. The van der Waals surface area contributed by atoms with Crippen molar-refractivity contribution < 1.29 is 4.79 Å². The highest BCUT2D eigenvalue weighted by molar-refractivity contribution is 5.80. The fraction of sp³-hybridized carbons (Fsp3) is 0.526. The molecule has 0 radical (unpaired) electrons. The number of aliphatic imine (C=N–C) groups is 1.